The predicted molar refractivity (Wildman–Crippen MR) is 96.0 cm³/mol. The van der Waals surface area contributed by atoms with Gasteiger partial charge >= 0.3 is 5.69 Å². The molecule has 0 amide bonds. The van der Waals surface area contributed by atoms with Crippen LogP contribution in [-0.4, -0.2) is 30.3 Å². The Morgan fingerprint density at radius 2 is 2.08 bits per heavy atom. The molecule has 0 radical (unpaired) electrons. The fourth-order valence-electron chi connectivity index (χ4n) is 2.47. The van der Waals surface area contributed by atoms with Crippen LogP contribution in [0.1, 0.15) is 25.3 Å². The highest BCUT2D eigenvalue weighted by Crippen LogP contribution is 2.16. The van der Waals surface area contributed by atoms with Crippen LogP contribution in [0.2, 0.25) is 0 Å². The average molecular weight is 341 g/mol. The molecule has 0 saturated carbocycles. The third-order valence-electron chi connectivity index (χ3n) is 3.83. The van der Waals surface area contributed by atoms with Crippen LogP contribution in [-0.2, 0) is 13.6 Å². The number of hydrogen-bond acceptors (Lipinski definition) is 6. The van der Waals surface area contributed by atoms with E-state index in [2.05, 4.69) is 32.4 Å². The van der Waals surface area contributed by atoms with Gasteiger partial charge in [-0.3, -0.25) is 19.3 Å². The lowest BCUT2D eigenvalue weighted by atomic mass is 10.3. The topological polar surface area (TPSA) is 110 Å². The number of aryl methyl sites for hydroxylation is 2. The number of rotatable bonds is 6. The monoisotopic (exact) mass is 341 g/mol. The highest BCUT2D eigenvalue weighted by molar-refractivity contribution is 5.80. The molecule has 0 saturated heterocycles. The quantitative estimate of drug-likeness (QED) is 0.515. The summed E-state index contributed by atoms with van der Waals surface area (Å²) in [6.45, 7) is 2.66. The van der Waals surface area contributed by atoms with Crippen LogP contribution in [0, 0.1) is 0 Å². The maximum atomic E-state index is 12.2. The number of hydrogen-bond donors (Lipinski definition) is 2. The van der Waals surface area contributed by atoms with Gasteiger partial charge in [-0.05, 0) is 24.1 Å². The molecule has 9 nitrogen and oxygen atoms in total. The van der Waals surface area contributed by atoms with Crippen LogP contribution in [0.15, 0.2) is 39.2 Å². The van der Waals surface area contributed by atoms with E-state index in [4.69, 9.17) is 0 Å². The zero-order valence-corrected chi connectivity index (χ0v) is 14.1. The highest BCUT2D eigenvalue weighted by atomic mass is 16.2. The van der Waals surface area contributed by atoms with Crippen LogP contribution in [0.25, 0.3) is 11.2 Å². The summed E-state index contributed by atoms with van der Waals surface area (Å²) < 4.78 is 3.07. The largest absolute Gasteiger partial charge is 0.329 e. The molecule has 0 unspecified atom stereocenters. The molecule has 0 fully saturated rings. The first-order chi connectivity index (χ1) is 12.1. The SMILES string of the molecule is CCCCn1c(N/N=C\c2ccncc2)nc2c1c(=O)[nH]c(=O)n2C. The Balaban J connectivity index is 2.03. The minimum absolute atomic E-state index is 0.325. The molecule has 0 aromatic carbocycles. The summed E-state index contributed by atoms with van der Waals surface area (Å²) in [5, 5.41) is 4.17. The summed E-state index contributed by atoms with van der Waals surface area (Å²) in [5.74, 6) is 0.417. The summed E-state index contributed by atoms with van der Waals surface area (Å²) in [5.41, 5.74) is 3.48. The molecule has 130 valence electrons. The van der Waals surface area contributed by atoms with E-state index in [0.717, 1.165) is 18.4 Å². The third-order valence-corrected chi connectivity index (χ3v) is 3.83. The van der Waals surface area contributed by atoms with E-state index in [0.29, 0.717) is 23.7 Å². The molecule has 0 aliphatic heterocycles. The molecule has 3 heterocycles. The first-order valence-corrected chi connectivity index (χ1v) is 8.00. The Kier molecular flexibility index (Phi) is 4.73. The highest BCUT2D eigenvalue weighted by Gasteiger charge is 2.16. The zero-order chi connectivity index (χ0) is 17.8. The minimum atomic E-state index is -0.496. The number of nitrogens with one attached hydrogen (secondary N) is 2. The van der Waals surface area contributed by atoms with Crippen molar-refractivity contribution in [2.24, 2.45) is 12.1 Å². The predicted octanol–water partition coefficient (Wildman–Crippen LogP) is 1.06. The van der Waals surface area contributed by atoms with Crippen LogP contribution in [0.5, 0.6) is 0 Å². The van der Waals surface area contributed by atoms with Gasteiger partial charge in [0.1, 0.15) is 0 Å². The van der Waals surface area contributed by atoms with Crippen molar-refractivity contribution in [2.75, 3.05) is 5.43 Å². The number of unbranched alkanes of at least 4 members (excludes halogenated alkanes) is 1. The van der Waals surface area contributed by atoms with E-state index in [9.17, 15) is 9.59 Å². The molecule has 0 atom stereocenters. The first kappa shape index (κ1) is 16.6. The van der Waals surface area contributed by atoms with Gasteiger partial charge in [-0.25, -0.2) is 10.2 Å². The second kappa shape index (κ2) is 7.12. The van der Waals surface area contributed by atoms with Gasteiger partial charge in [0.2, 0.25) is 5.95 Å². The number of pyridine rings is 1. The molecule has 3 aromatic heterocycles. The van der Waals surface area contributed by atoms with Crippen LogP contribution >= 0.6 is 0 Å². The lowest BCUT2D eigenvalue weighted by Crippen LogP contribution is -2.29. The molecule has 0 aliphatic carbocycles. The lowest BCUT2D eigenvalue weighted by Gasteiger charge is -2.06. The number of imidazole rings is 1. The maximum Gasteiger partial charge on any atom is 0.329 e. The van der Waals surface area contributed by atoms with Crippen LogP contribution in [0.3, 0.4) is 0 Å². The molecule has 25 heavy (non-hydrogen) atoms. The van der Waals surface area contributed by atoms with Crippen molar-refractivity contribution in [3.05, 3.63) is 50.9 Å². The maximum absolute atomic E-state index is 12.2. The van der Waals surface area contributed by atoms with Crippen LogP contribution in [0.4, 0.5) is 5.95 Å². The lowest BCUT2D eigenvalue weighted by molar-refractivity contribution is 0.647. The summed E-state index contributed by atoms with van der Waals surface area (Å²) in [6, 6.07) is 3.64. The van der Waals surface area contributed by atoms with Gasteiger partial charge in [-0.15, -0.1) is 0 Å². The molecule has 0 spiro atoms. The normalized spacial score (nSPS) is 11.4. The van der Waals surface area contributed by atoms with E-state index in [1.807, 2.05) is 12.1 Å². The molecule has 3 aromatic rings. The Bertz CT molecular complexity index is 1010. The van der Waals surface area contributed by atoms with Crippen molar-refractivity contribution >= 4 is 23.3 Å². The standard InChI is InChI=1S/C16H19N7O2/c1-3-4-9-23-12-13(22(2)16(25)20-14(12)24)19-15(23)21-18-10-11-5-7-17-8-6-11/h5-8,10H,3-4,9H2,1-2H3,(H,19,21)(H,20,24,25)/b18-10-. The van der Waals surface area contributed by atoms with Gasteiger partial charge in [0.05, 0.1) is 6.21 Å². The Morgan fingerprint density at radius 1 is 1.32 bits per heavy atom. The van der Waals surface area contributed by atoms with E-state index >= 15 is 0 Å². The summed E-state index contributed by atoms with van der Waals surface area (Å²) in [4.78, 5) is 34.7. The molecule has 0 aliphatic rings. The fraction of sp³-hybridized carbons (Fsp3) is 0.312. The van der Waals surface area contributed by atoms with Gasteiger partial charge in [0.15, 0.2) is 11.2 Å². The van der Waals surface area contributed by atoms with Gasteiger partial charge in [-0.2, -0.15) is 10.1 Å². The van der Waals surface area contributed by atoms with Crippen molar-refractivity contribution < 1.29 is 0 Å². The Labute approximate surface area is 143 Å². The van der Waals surface area contributed by atoms with Gasteiger partial charge in [0.25, 0.3) is 5.56 Å². The summed E-state index contributed by atoms with van der Waals surface area (Å²) in [7, 11) is 1.57. The van der Waals surface area contributed by atoms with Crippen molar-refractivity contribution in [2.45, 2.75) is 26.3 Å². The summed E-state index contributed by atoms with van der Waals surface area (Å²) >= 11 is 0. The number of H-pyrrole nitrogens is 1. The molecule has 0 bridgehead atoms. The number of aromatic nitrogens is 5. The van der Waals surface area contributed by atoms with Crippen LogP contribution < -0.4 is 16.7 Å². The second-order valence-corrected chi connectivity index (χ2v) is 5.58. The summed E-state index contributed by atoms with van der Waals surface area (Å²) in [6.07, 6.45) is 6.81. The van der Waals surface area contributed by atoms with Crippen molar-refractivity contribution in [1.29, 1.82) is 0 Å². The fourth-order valence-corrected chi connectivity index (χ4v) is 2.47. The van der Waals surface area contributed by atoms with E-state index in [1.165, 1.54) is 4.57 Å². The first-order valence-electron chi connectivity index (χ1n) is 8.00. The van der Waals surface area contributed by atoms with E-state index < -0.39 is 11.2 Å². The number of aromatic amines is 1. The Hall–Kier alpha value is -3.23. The van der Waals surface area contributed by atoms with Gasteiger partial charge < -0.3 is 4.57 Å². The van der Waals surface area contributed by atoms with E-state index in [1.54, 1.807) is 30.2 Å². The molecule has 3 rings (SSSR count). The molecular weight excluding hydrogens is 322 g/mol. The number of hydrazone groups is 1. The molecule has 2 N–H and O–H groups in total. The zero-order valence-electron chi connectivity index (χ0n) is 14.1. The van der Waals surface area contributed by atoms with Gasteiger partial charge in [0, 0.05) is 26.0 Å². The second-order valence-electron chi connectivity index (χ2n) is 5.58. The third kappa shape index (κ3) is 3.35. The molecule has 9 heteroatoms. The smallest absolute Gasteiger partial charge is 0.303 e. The number of anilines is 1. The van der Waals surface area contributed by atoms with Crippen molar-refractivity contribution in [3.63, 3.8) is 0 Å². The number of fused-ring (bicyclic) bond motifs is 1. The molecular formula is C16H19N7O2. The van der Waals surface area contributed by atoms with Crippen molar-refractivity contribution in [1.82, 2.24) is 24.1 Å². The van der Waals surface area contributed by atoms with Crippen molar-refractivity contribution in [3.8, 4) is 0 Å². The average Bonchev–Trinajstić information content (AvgIpc) is 2.98. The van der Waals surface area contributed by atoms with Gasteiger partial charge in [-0.1, -0.05) is 13.3 Å². The Morgan fingerprint density at radius 3 is 2.80 bits per heavy atom. The van der Waals surface area contributed by atoms with E-state index in [-0.39, 0.29) is 0 Å². The minimum Gasteiger partial charge on any atom is -0.303 e. The number of nitrogens with zero attached hydrogens (tertiary/aromatic N) is 5.